The minimum Gasteiger partial charge on any atom is -0.354 e. The van der Waals surface area contributed by atoms with Crippen molar-refractivity contribution in [3.8, 4) is 0 Å². The van der Waals surface area contributed by atoms with Crippen molar-refractivity contribution in [2.75, 3.05) is 20.6 Å². The van der Waals surface area contributed by atoms with Crippen LogP contribution in [0.3, 0.4) is 0 Å². The highest BCUT2D eigenvalue weighted by Gasteiger charge is 2.22. The number of H-pyrrole nitrogens is 1. The van der Waals surface area contributed by atoms with Crippen LogP contribution >= 0.6 is 0 Å². The van der Waals surface area contributed by atoms with Crippen LogP contribution in [0.4, 0.5) is 4.39 Å². The predicted molar refractivity (Wildman–Crippen MR) is 92.2 cm³/mol. The van der Waals surface area contributed by atoms with E-state index >= 15 is 0 Å². The highest BCUT2D eigenvalue weighted by molar-refractivity contribution is 5.83. The number of benzene rings is 1. The predicted octanol–water partition coefficient (Wildman–Crippen LogP) is 2.52. The first-order valence-electron chi connectivity index (χ1n) is 8.10. The maximum Gasteiger partial charge on any atom is 0.241 e. The Morgan fingerprint density at radius 2 is 2.12 bits per heavy atom. The lowest BCUT2D eigenvalue weighted by atomic mass is 10.0. The van der Waals surface area contributed by atoms with Gasteiger partial charge in [-0.2, -0.15) is 5.10 Å². The molecule has 1 atom stereocenters. The lowest BCUT2D eigenvalue weighted by molar-refractivity contribution is -0.125. The molecule has 2 N–H and O–H groups in total. The molecule has 5 nitrogen and oxygen atoms in total. The molecule has 0 fully saturated rings. The van der Waals surface area contributed by atoms with Gasteiger partial charge in [0.05, 0.1) is 5.69 Å². The third kappa shape index (κ3) is 4.41. The van der Waals surface area contributed by atoms with Gasteiger partial charge >= 0.3 is 0 Å². The minimum atomic E-state index is -0.502. The number of carbonyl (C=O) groups is 1. The van der Waals surface area contributed by atoms with Crippen LogP contribution in [0.2, 0.25) is 0 Å². The number of rotatable bonds is 7. The molecule has 2 rings (SSSR count). The van der Waals surface area contributed by atoms with Crippen molar-refractivity contribution < 1.29 is 9.18 Å². The number of aromatic nitrogens is 2. The summed E-state index contributed by atoms with van der Waals surface area (Å²) in [6.45, 7) is 4.55. The summed E-state index contributed by atoms with van der Waals surface area (Å²) in [5.41, 5.74) is 3.94. The molecule has 0 unspecified atom stereocenters. The summed E-state index contributed by atoms with van der Waals surface area (Å²) in [4.78, 5) is 14.3. The van der Waals surface area contributed by atoms with Crippen molar-refractivity contribution >= 4 is 5.91 Å². The van der Waals surface area contributed by atoms with Crippen LogP contribution in [0.15, 0.2) is 24.3 Å². The first-order chi connectivity index (χ1) is 11.4. The number of hydrogen-bond acceptors (Lipinski definition) is 3. The van der Waals surface area contributed by atoms with Crippen molar-refractivity contribution in [3.05, 3.63) is 52.6 Å². The second kappa shape index (κ2) is 8.06. The molecule has 1 amide bonds. The Labute approximate surface area is 142 Å². The molecule has 1 aromatic heterocycles. The summed E-state index contributed by atoms with van der Waals surface area (Å²) in [6, 6.07) is 5.68. The molecule has 0 saturated heterocycles. The zero-order chi connectivity index (χ0) is 17.7. The largest absolute Gasteiger partial charge is 0.354 e. The van der Waals surface area contributed by atoms with Crippen LogP contribution in [0, 0.1) is 19.7 Å². The van der Waals surface area contributed by atoms with Crippen LogP contribution in [0.25, 0.3) is 0 Å². The van der Waals surface area contributed by atoms with Crippen molar-refractivity contribution in [2.24, 2.45) is 0 Å². The molecule has 0 aliphatic heterocycles. The molecule has 0 aliphatic carbocycles. The van der Waals surface area contributed by atoms with Crippen molar-refractivity contribution in [2.45, 2.75) is 32.7 Å². The van der Waals surface area contributed by atoms with Gasteiger partial charge in [0.15, 0.2) is 0 Å². The lowest BCUT2D eigenvalue weighted by Gasteiger charge is -2.24. The number of amides is 1. The monoisotopic (exact) mass is 332 g/mol. The highest BCUT2D eigenvalue weighted by Crippen LogP contribution is 2.19. The van der Waals surface area contributed by atoms with E-state index in [1.807, 2.05) is 27.9 Å². The fourth-order valence-corrected chi connectivity index (χ4v) is 2.88. The summed E-state index contributed by atoms with van der Waals surface area (Å²) >= 11 is 0. The Bertz CT molecular complexity index is 677. The molecule has 130 valence electrons. The summed E-state index contributed by atoms with van der Waals surface area (Å²) < 4.78 is 13.4. The lowest BCUT2D eigenvalue weighted by Crippen LogP contribution is -2.37. The van der Waals surface area contributed by atoms with Gasteiger partial charge in [-0.25, -0.2) is 4.39 Å². The van der Waals surface area contributed by atoms with Crippen molar-refractivity contribution in [3.63, 3.8) is 0 Å². The van der Waals surface area contributed by atoms with E-state index in [2.05, 4.69) is 15.5 Å². The average molecular weight is 332 g/mol. The van der Waals surface area contributed by atoms with Crippen LogP contribution in [-0.2, 0) is 11.2 Å². The molecule has 0 bridgehead atoms. The van der Waals surface area contributed by atoms with Gasteiger partial charge in [-0.15, -0.1) is 0 Å². The van der Waals surface area contributed by atoms with E-state index in [9.17, 15) is 9.18 Å². The second-order valence-corrected chi connectivity index (χ2v) is 6.23. The van der Waals surface area contributed by atoms with Crippen LogP contribution in [0.1, 0.15) is 35.0 Å². The molecule has 0 spiro atoms. The average Bonchev–Trinajstić information content (AvgIpc) is 2.83. The summed E-state index contributed by atoms with van der Waals surface area (Å²) in [5, 5.41) is 10.1. The molecule has 2 aromatic rings. The van der Waals surface area contributed by atoms with Crippen LogP contribution < -0.4 is 5.32 Å². The third-order valence-electron chi connectivity index (χ3n) is 4.11. The quantitative estimate of drug-likeness (QED) is 0.766. The maximum atomic E-state index is 13.4. The van der Waals surface area contributed by atoms with E-state index in [0.717, 1.165) is 24.2 Å². The number of likely N-dealkylation sites (N-methyl/N-ethyl adjacent to an activating group) is 1. The summed E-state index contributed by atoms with van der Waals surface area (Å²) in [7, 11) is 3.63. The molecular weight excluding hydrogens is 307 g/mol. The Hall–Kier alpha value is -2.21. The van der Waals surface area contributed by atoms with Crippen LogP contribution in [0.5, 0.6) is 0 Å². The Kier molecular flexibility index (Phi) is 6.09. The normalized spacial score (nSPS) is 12.4. The number of aromatic amines is 1. The molecule has 24 heavy (non-hydrogen) atoms. The fraction of sp³-hybridized carbons (Fsp3) is 0.444. The zero-order valence-corrected chi connectivity index (χ0v) is 14.7. The molecule has 0 aliphatic rings. The summed E-state index contributed by atoms with van der Waals surface area (Å²) in [5.74, 6) is -0.454. The number of aryl methyl sites for hydroxylation is 2. The minimum absolute atomic E-state index is 0.119. The standard InChI is InChI=1S/C18H25FN4O/c1-12-16(13(2)22-21-12)9-6-10-20-18(24)17(23(3)4)14-7-5-8-15(19)11-14/h5,7-8,11,17H,6,9-10H2,1-4H3,(H,20,24)(H,21,22)/t17-/m0/s1. The summed E-state index contributed by atoms with van der Waals surface area (Å²) in [6.07, 6.45) is 1.69. The van der Waals surface area contributed by atoms with Gasteiger partial charge in [0.2, 0.25) is 5.91 Å². The molecular formula is C18H25FN4O. The van der Waals surface area contributed by atoms with Crippen LogP contribution in [-0.4, -0.2) is 41.6 Å². The molecule has 1 aromatic carbocycles. The van der Waals surface area contributed by atoms with Gasteiger partial charge in [0.25, 0.3) is 0 Å². The molecule has 0 radical (unpaired) electrons. The smallest absolute Gasteiger partial charge is 0.241 e. The maximum absolute atomic E-state index is 13.4. The Balaban J connectivity index is 1.92. The van der Waals surface area contributed by atoms with E-state index in [4.69, 9.17) is 0 Å². The molecule has 1 heterocycles. The second-order valence-electron chi connectivity index (χ2n) is 6.23. The zero-order valence-electron chi connectivity index (χ0n) is 14.7. The van der Waals surface area contributed by atoms with Gasteiger partial charge in [0.1, 0.15) is 11.9 Å². The van der Waals surface area contributed by atoms with E-state index in [1.54, 1.807) is 17.0 Å². The van der Waals surface area contributed by atoms with Gasteiger partial charge < -0.3 is 5.32 Å². The van der Waals surface area contributed by atoms with Crippen molar-refractivity contribution in [1.82, 2.24) is 20.4 Å². The Morgan fingerprint density at radius 3 is 2.71 bits per heavy atom. The Morgan fingerprint density at radius 1 is 1.38 bits per heavy atom. The van der Waals surface area contributed by atoms with E-state index in [0.29, 0.717) is 12.1 Å². The van der Waals surface area contributed by atoms with E-state index < -0.39 is 6.04 Å². The number of hydrogen-bond donors (Lipinski definition) is 2. The molecule has 6 heteroatoms. The third-order valence-corrected chi connectivity index (χ3v) is 4.11. The van der Waals surface area contributed by atoms with Gasteiger partial charge in [0, 0.05) is 12.2 Å². The van der Waals surface area contributed by atoms with E-state index in [-0.39, 0.29) is 11.7 Å². The SMILES string of the molecule is Cc1n[nH]c(C)c1CCCNC(=O)[C@H](c1cccc(F)c1)N(C)C. The van der Waals surface area contributed by atoms with Crippen molar-refractivity contribution in [1.29, 1.82) is 0 Å². The van der Waals surface area contributed by atoms with Gasteiger partial charge in [-0.1, -0.05) is 12.1 Å². The van der Waals surface area contributed by atoms with Gasteiger partial charge in [-0.05, 0) is 64.0 Å². The van der Waals surface area contributed by atoms with Gasteiger partial charge in [-0.3, -0.25) is 14.8 Å². The first kappa shape index (κ1) is 18.1. The molecule has 0 saturated carbocycles. The van der Waals surface area contributed by atoms with E-state index in [1.165, 1.54) is 17.7 Å². The number of carbonyl (C=O) groups excluding carboxylic acids is 1. The highest BCUT2D eigenvalue weighted by atomic mass is 19.1. The fourth-order valence-electron chi connectivity index (χ4n) is 2.88. The topological polar surface area (TPSA) is 61.0 Å². The number of nitrogens with one attached hydrogen (secondary N) is 2. The number of nitrogens with zero attached hydrogens (tertiary/aromatic N) is 2. The number of halogens is 1. The first-order valence-corrected chi connectivity index (χ1v) is 8.10.